The first-order chi connectivity index (χ1) is 5.66. The summed E-state index contributed by atoms with van der Waals surface area (Å²) in [5.41, 5.74) is 1.23. The molecule has 1 rings (SSSR count). The zero-order chi connectivity index (χ0) is 9.14. The van der Waals surface area contributed by atoms with Gasteiger partial charge < -0.3 is 9.72 Å². The average Bonchev–Trinajstić information content (AvgIpc) is 2.32. The molecule has 0 fully saturated rings. The molecular formula is C8H10ClNO2. The molecule has 0 atom stereocenters. The number of esters is 1. The van der Waals surface area contributed by atoms with E-state index in [1.165, 1.54) is 0 Å². The second-order valence-electron chi connectivity index (χ2n) is 2.38. The van der Waals surface area contributed by atoms with Crippen LogP contribution in [0, 0.1) is 6.92 Å². The molecule has 12 heavy (non-hydrogen) atoms. The first-order valence-corrected chi connectivity index (χ1v) is 4.05. The molecule has 0 aliphatic rings. The predicted molar refractivity (Wildman–Crippen MR) is 46.5 cm³/mol. The smallest absolute Gasteiger partial charge is 0.341 e. The lowest BCUT2D eigenvalue weighted by Crippen LogP contribution is -2.05. The maximum Gasteiger partial charge on any atom is 0.341 e. The van der Waals surface area contributed by atoms with E-state index in [4.69, 9.17) is 16.3 Å². The third-order valence-corrected chi connectivity index (χ3v) is 1.81. The normalized spacial score (nSPS) is 9.92. The number of hydrogen-bond donors (Lipinski definition) is 1. The molecule has 0 aliphatic carbocycles. The molecule has 0 amide bonds. The van der Waals surface area contributed by atoms with E-state index in [-0.39, 0.29) is 5.97 Å². The Kier molecular flexibility index (Phi) is 2.76. The Morgan fingerprint density at radius 3 is 2.83 bits per heavy atom. The number of hydrogen-bond acceptors (Lipinski definition) is 2. The van der Waals surface area contributed by atoms with Gasteiger partial charge in [-0.15, -0.1) is 0 Å². The van der Waals surface area contributed by atoms with Crippen LogP contribution in [0.2, 0.25) is 5.15 Å². The molecule has 0 unspecified atom stereocenters. The van der Waals surface area contributed by atoms with E-state index in [1.807, 2.05) is 0 Å². The minimum Gasteiger partial charge on any atom is -0.462 e. The van der Waals surface area contributed by atoms with Crippen LogP contribution in [0.5, 0.6) is 0 Å². The molecule has 1 aromatic heterocycles. The van der Waals surface area contributed by atoms with Gasteiger partial charge in [0.15, 0.2) is 0 Å². The molecule has 0 spiro atoms. The van der Waals surface area contributed by atoms with Gasteiger partial charge in [-0.1, -0.05) is 11.6 Å². The van der Waals surface area contributed by atoms with Gasteiger partial charge in [-0.3, -0.25) is 0 Å². The summed E-state index contributed by atoms with van der Waals surface area (Å²) in [6, 6.07) is 0. The van der Waals surface area contributed by atoms with Crippen molar-refractivity contribution in [1.29, 1.82) is 0 Å². The number of nitrogens with one attached hydrogen (secondary N) is 1. The number of rotatable bonds is 2. The summed E-state index contributed by atoms with van der Waals surface area (Å²) in [4.78, 5) is 14.0. The van der Waals surface area contributed by atoms with Crippen LogP contribution < -0.4 is 0 Å². The average molecular weight is 188 g/mol. The van der Waals surface area contributed by atoms with Crippen molar-refractivity contribution in [3.63, 3.8) is 0 Å². The minimum absolute atomic E-state index is 0.339. The fraction of sp³-hybridized carbons (Fsp3) is 0.375. The fourth-order valence-electron chi connectivity index (χ4n) is 0.943. The Balaban J connectivity index is 2.93. The number of H-pyrrole nitrogens is 1. The Labute approximate surface area is 75.7 Å². The molecule has 0 radical (unpaired) electrons. The molecule has 0 aliphatic heterocycles. The monoisotopic (exact) mass is 187 g/mol. The Hall–Kier alpha value is -0.960. The van der Waals surface area contributed by atoms with E-state index in [0.717, 1.165) is 5.56 Å². The second kappa shape index (κ2) is 3.63. The number of ether oxygens (including phenoxy) is 1. The Bertz CT molecular complexity index is 274. The molecule has 1 aromatic rings. The van der Waals surface area contributed by atoms with Gasteiger partial charge in [0.25, 0.3) is 0 Å². The van der Waals surface area contributed by atoms with Gasteiger partial charge in [0, 0.05) is 6.20 Å². The van der Waals surface area contributed by atoms with Gasteiger partial charge in [-0.05, 0) is 19.4 Å². The molecule has 0 saturated carbocycles. The molecule has 0 aromatic carbocycles. The van der Waals surface area contributed by atoms with Crippen molar-refractivity contribution in [1.82, 2.24) is 4.98 Å². The van der Waals surface area contributed by atoms with Gasteiger partial charge >= 0.3 is 5.97 Å². The van der Waals surface area contributed by atoms with Gasteiger partial charge in [0.2, 0.25) is 0 Å². The predicted octanol–water partition coefficient (Wildman–Crippen LogP) is 2.15. The number of carbonyl (C=O) groups excluding carboxylic acids is 1. The van der Waals surface area contributed by atoms with Crippen LogP contribution in [0.25, 0.3) is 0 Å². The minimum atomic E-state index is -0.374. The molecule has 3 nitrogen and oxygen atoms in total. The van der Waals surface area contributed by atoms with Crippen molar-refractivity contribution in [2.75, 3.05) is 6.61 Å². The lowest BCUT2D eigenvalue weighted by Gasteiger charge is -2.00. The van der Waals surface area contributed by atoms with Crippen LogP contribution in [0.3, 0.4) is 0 Å². The maximum atomic E-state index is 11.2. The Morgan fingerprint density at radius 2 is 2.42 bits per heavy atom. The molecule has 1 N–H and O–H groups in total. The van der Waals surface area contributed by atoms with E-state index >= 15 is 0 Å². The first-order valence-electron chi connectivity index (χ1n) is 3.67. The molecule has 4 heteroatoms. The van der Waals surface area contributed by atoms with Crippen LogP contribution in [-0.2, 0) is 4.74 Å². The topological polar surface area (TPSA) is 42.1 Å². The summed E-state index contributed by atoms with van der Waals surface area (Å²) >= 11 is 5.72. The number of aromatic nitrogens is 1. The van der Waals surface area contributed by atoms with E-state index in [2.05, 4.69) is 4.98 Å². The van der Waals surface area contributed by atoms with Crippen molar-refractivity contribution in [3.8, 4) is 0 Å². The van der Waals surface area contributed by atoms with Crippen LogP contribution in [0.1, 0.15) is 22.8 Å². The summed E-state index contributed by atoms with van der Waals surface area (Å²) in [7, 11) is 0. The molecule has 0 bridgehead atoms. The second-order valence-corrected chi connectivity index (χ2v) is 2.76. The van der Waals surface area contributed by atoms with Crippen LogP contribution in [-0.4, -0.2) is 17.6 Å². The summed E-state index contributed by atoms with van der Waals surface area (Å²) in [6.45, 7) is 3.92. The third kappa shape index (κ3) is 1.61. The maximum absolute atomic E-state index is 11.2. The van der Waals surface area contributed by atoms with Crippen molar-refractivity contribution in [3.05, 3.63) is 22.5 Å². The summed E-state index contributed by atoms with van der Waals surface area (Å²) < 4.78 is 4.80. The highest BCUT2D eigenvalue weighted by molar-refractivity contribution is 6.32. The number of aromatic amines is 1. The first kappa shape index (κ1) is 9.13. The lowest BCUT2D eigenvalue weighted by molar-refractivity contribution is 0.0526. The fourth-order valence-corrected chi connectivity index (χ4v) is 1.22. The van der Waals surface area contributed by atoms with Crippen molar-refractivity contribution < 1.29 is 9.53 Å². The van der Waals surface area contributed by atoms with Crippen LogP contribution in [0.4, 0.5) is 0 Å². The summed E-state index contributed by atoms with van der Waals surface area (Å²) in [6.07, 6.45) is 1.68. The van der Waals surface area contributed by atoms with E-state index in [0.29, 0.717) is 17.3 Å². The standard InChI is InChI=1S/C8H10ClNO2/c1-3-12-8(11)6-5(2)4-10-7(6)9/h4,10H,3H2,1-2H3. The summed E-state index contributed by atoms with van der Waals surface area (Å²) in [5, 5.41) is 0.339. The van der Waals surface area contributed by atoms with Crippen molar-refractivity contribution in [2.24, 2.45) is 0 Å². The van der Waals surface area contributed by atoms with Gasteiger partial charge in [0.1, 0.15) is 5.15 Å². The van der Waals surface area contributed by atoms with Crippen molar-refractivity contribution >= 4 is 17.6 Å². The quantitative estimate of drug-likeness (QED) is 0.721. The number of aryl methyl sites for hydroxylation is 1. The highest BCUT2D eigenvalue weighted by Crippen LogP contribution is 2.18. The van der Waals surface area contributed by atoms with Crippen molar-refractivity contribution in [2.45, 2.75) is 13.8 Å². The molecular weight excluding hydrogens is 178 g/mol. The highest BCUT2D eigenvalue weighted by atomic mass is 35.5. The van der Waals surface area contributed by atoms with Crippen LogP contribution in [0.15, 0.2) is 6.20 Å². The van der Waals surface area contributed by atoms with Crippen LogP contribution >= 0.6 is 11.6 Å². The number of halogens is 1. The summed E-state index contributed by atoms with van der Waals surface area (Å²) in [5.74, 6) is -0.374. The van der Waals surface area contributed by atoms with Gasteiger partial charge in [0.05, 0.1) is 12.2 Å². The highest BCUT2D eigenvalue weighted by Gasteiger charge is 2.15. The SMILES string of the molecule is CCOC(=O)c1c(C)c[nH]c1Cl. The Morgan fingerprint density at radius 1 is 1.75 bits per heavy atom. The number of carbonyl (C=O) groups is 1. The van der Waals surface area contributed by atoms with Gasteiger partial charge in [-0.2, -0.15) is 0 Å². The molecule has 0 saturated heterocycles. The van der Waals surface area contributed by atoms with E-state index < -0.39 is 0 Å². The molecule has 66 valence electrons. The lowest BCUT2D eigenvalue weighted by atomic mass is 10.2. The zero-order valence-corrected chi connectivity index (χ0v) is 7.73. The third-order valence-electron chi connectivity index (χ3n) is 1.51. The largest absolute Gasteiger partial charge is 0.462 e. The zero-order valence-electron chi connectivity index (χ0n) is 6.98. The van der Waals surface area contributed by atoms with E-state index in [9.17, 15) is 4.79 Å². The van der Waals surface area contributed by atoms with Gasteiger partial charge in [-0.25, -0.2) is 4.79 Å². The van der Waals surface area contributed by atoms with E-state index in [1.54, 1.807) is 20.0 Å². The molecule has 1 heterocycles.